The SMILES string of the molecule is CC(C)N(CCC(N)=NO)c1ncccc1C(F)(F)F. The van der Waals surface area contributed by atoms with Gasteiger partial charge in [-0.1, -0.05) is 5.16 Å². The molecule has 1 rings (SSSR count). The van der Waals surface area contributed by atoms with Crippen molar-refractivity contribution in [1.29, 1.82) is 0 Å². The molecule has 1 heterocycles. The normalized spacial score (nSPS) is 12.8. The number of rotatable bonds is 5. The van der Waals surface area contributed by atoms with Gasteiger partial charge in [0.2, 0.25) is 0 Å². The molecular formula is C12H17F3N4O. The number of pyridine rings is 1. The van der Waals surface area contributed by atoms with E-state index < -0.39 is 11.7 Å². The zero-order chi connectivity index (χ0) is 15.3. The molecule has 0 aliphatic rings. The summed E-state index contributed by atoms with van der Waals surface area (Å²) in [6.45, 7) is 3.68. The molecule has 0 aliphatic carbocycles. The van der Waals surface area contributed by atoms with E-state index >= 15 is 0 Å². The molecule has 3 N–H and O–H groups in total. The fourth-order valence-corrected chi connectivity index (χ4v) is 1.74. The van der Waals surface area contributed by atoms with E-state index in [2.05, 4.69) is 10.1 Å². The van der Waals surface area contributed by atoms with Gasteiger partial charge in [-0.3, -0.25) is 0 Å². The topological polar surface area (TPSA) is 74.7 Å². The molecule has 0 unspecified atom stereocenters. The molecule has 112 valence electrons. The van der Waals surface area contributed by atoms with Crippen LogP contribution in [0, 0.1) is 0 Å². The number of hydrogen-bond acceptors (Lipinski definition) is 4. The van der Waals surface area contributed by atoms with E-state index in [4.69, 9.17) is 10.9 Å². The Hall–Kier alpha value is -1.99. The lowest BCUT2D eigenvalue weighted by atomic mass is 10.2. The van der Waals surface area contributed by atoms with Crippen molar-refractivity contribution >= 4 is 11.7 Å². The summed E-state index contributed by atoms with van der Waals surface area (Å²) in [5, 5.41) is 11.3. The van der Waals surface area contributed by atoms with Crippen LogP contribution in [0.2, 0.25) is 0 Å². The third-order valence-corrected chi connectivity index (χ3v) is 2.72. The molecule has 20 heavy (non-hydrogen) atoms. The van der Waals surface area contributed by atoms with E-state index in [1.54, 1.807) is 13.8 Å². The summed E-state index contributed by atoms with van der Waals surface area (Å²) in [5.74, 6) is -0.194. The van der Waals surface area contributed by atoms with E-state index in [1.165, 1.54) is 17.2 Å². The van der Waals surface area contributed by atoms with Crippen molar-refractivity contribution in [2.24, 2.45) is 10.9 Å². The molecular weight excluding hydrogens is 273 g/mol. The lowest BCUT2D eigenvalue weighted by molar-refractivity contribution is -0.137. The number of halogens is 3. The second-order valence-corrected chi connectivity index (χ2v) is 4.50. The first-order valence-electron chi connectivity index (χ1n) is 6.02. The summed E-state index contributed by atoms with van der Waals surface area (Å²) in [7, 11) is 0. The molecule has 0 spiro atoms. The Morgan fingerprint density at radius 1 is 1.50 bits per heavy atom. The summed E-state index contributed by atoms with van der Waals surface area (Å²) in [5.41, 5.74) is 4.56. The van der Waals surface area contributed by atoms with Crippen molar-refractivity contribution in [3.8, 4) is 0 Å². The van der Waals surface area contributed by atoms with Gasteiger partial charge in [-0.15, -0.1) is 0 Å². The highest BCUT2D eigenvalue weighted by Gasteiger charge is 2.36. The number of alkyl halides is 3. The molecule has 0 fully saturated rings. The quantitative estimate of drug-likeness (QED) is 0.378. The van der Waals surface area contributed by atoms with Gasteiger partial charge in [0.05, 0.1) is 5.56 Å². The van der Waals surface area contributed by atoms with Crippen molar-refractivity contribution in [1.82, 2.24) is 4.98 Å². The molecule has 5 nitrogen and oxygen atoms in total. The van der Waals surface area contributed by atoms with Crippen molar-refractivity contribution < 1.29 is 18.4 Å². The maximum absolute atomic E-state index is 13.0. The summed E-state index contributed by atoms with van der Waals surface area (Å²) in [6.07, 6.45) is -3.03. The molecule has 0 radical (unpaired) electrons. The lowest BCUT2D eigenvalue weighted by Gasteiger charge is -2.29. The summed E-state index contributed by atoms with van der Waals surface area (Å²) < 4.78 is 38.9. The van der Waals surface area contributed by atoms with E-state index in [1.807, 2.05) is 0 Å². The van der Waals surface area contributed by atoms with Gasteiger partial charge in [0.25, 0.3) is 0 Å². The van der Waals surface area contributed by atoms with Crippen LogP contribution in [-0.2, 0) is 6.18 Å². The Balaban J connectivity index is 3.10. The zero-order valence-corrected chi connectivity index (χ0v) is 11.2. The fraction of sp³-hybridized carbons (Fsp3) is 0.500. The van der Waals surface area contributed by atoms with Crippen LogP contribution >= 0.6 is 0 Å². The maximum atomic E-state index is 13.0. The van der Waals surface area contributed by atoms with E-state index in [-0.39, 0.29) is 30.7 Å². The molecule has 0 saturated carbocycles. The molecule has 1 aromatic heterocycles. The average Bonchev–Trinajstić information content (AvgIpc) is 2.37. The summed E-state index contributed by atoms with van der Waals surface area (Å²) >= 11 is 0. The van der Waals surface area contributed by atoms with Gasteiger partial charge in [0.1, 0.15) is 11.7 Å². The van der Waals surface area contributed by atoms with Crippen LogP contribution in [0.3, 0.4) is 0 Å². The summed E-state index contributed by atoms with van der Waals surface area (Å²) in [6, 6.07) is 2.02. The van der Waals surface area contributed by atoms with Crippen LogP contribution in [0.15, 0.2) is 23.5 Å². The minimum Gasteiger partial charge on any atom is -0.409 e. The van der Waals surface area contributed by atoms with Gasteiger partial charge in [0.15, 0.2) is 0 Å². The number of amidine groups is 1. The van der Waals surface area contributed by atoms with Gasteiger partial charge in [-0.05, 0) is 26.0 Å². The fourth-order valence-electron chi connectivity index (χ4n) is 1.74. The Morgan fingerprint density at radius 3 is 2.65 bits per heavy atom. The number of anilines is 1. The Morgan fingerprint density at radius 2 is 2.15 bits per heavy atom. The molecule has 0 bridgehead atoms. The standard InChI is InChI=1S/C12H17F3N4O/c1-8(2)19(7-5-10(16)18-20)11-9(12(13,14)15)4-3-6-17-11/h3-4,6,8,20H,5,7H2,1-2H3,(H2,16,18). The third kappa shape index (κ3) is 4.01. The van der Waals surface area contributed by atoms with Crippen molar-refractivity contribution in [3.05, 3.63) is 23.9 Å². The van der Waals surface area contributed by atoms with Gasteiger partial charge in [-0.2, -0.15) is 13.2 Å². The predicted octanol–water partition coefficient (Wildman–Crippen LogP) is 2.45. The molecule has 8 heteroatoms. The second-order valence-electron chi connectivity index (χ2n) is 4.50. The van der Waals surface area contributed by atoms with Gasteiger partial charge in [-0.25, -0.2) is 4.98 Å². The van der Waals surface area contributed by atoms with E-state index in [9.17, 15) is 13.2 Å². The zero-order valence-electron chi connectivity index (χ0n) is 11.2. The number of nitrogens with zero attached hydrogens (tertiary/aromatic N) is 3. The number of aromatic nitrogens is 1. The van der Waals surface area contributed by atoms with Gasteiger partial charge in [0, 0.05) is 25.2 Å². The minimum absolute atomic E-state index is 0.0415. The molecule has 0 aliphatic heterocycles. The Labute approximate surface area is 114 Å². The first kappa shape index (κ1) is 16.1. The molecule has 0 amide bonds. The van der Waals surface area contributed by atoms with E-state index in [0.717, 1.165) is 6.07 Å². The Bertz CT molecular complexity index is 474. The Kier molecular flexibility index (Phi) is 5.18. The van der Waals surface area contributed by atoms with Crippen LogP contribution < -0.4 is 10.6 Å². The van der Waals surface area contributed by atoms with Gasteiger partial charge < -0.3 is 15.8 Å². The monoisotopic (exact) mass is 290 g/mol. The van der Waals surface area contributed by atoms with Crippen LogP contribution in [-0.4, -0.2) is 28.6 Å². The largest absolute Gasteiger partial charge is 0.419 e. The third-order valence-electron chi connectivity index (χ3n) is 2.72. The highest BCUT2D eigenvalue weighted by molar-refractivity contribution is 5.80. The smallest absolute Gasteiger partial charge is 0.409 e. The number of oxime groups is 1. The number of hydrogen-bond donors (Lipinski definition) is 2. The van der Waals surface area contributed by atoms with Crippen LogP contribution in [0.25, 0.3) is 0 Å². The van der Waals surface area contributed by atoms with Crippen molar-refractivity contribution in [2.75, 3.05) is 11.4 Å². The van der Waals surface area contributed by atoms with Crippen molar-refractivity contribution in [2.45, 2.75) is 32.5 Å². The highest BCUT2D eigenvalue weighted by atomic mass is 19.4. The number of nitrogens with two attached hydrogens (primary N) is 1. The minimum atomic E-state index is -4.48. The predicted molar refractivity (Wildman–Crippen MR) is 69.7 cm³/mol. The first-order valence-corrected chi connectivity index (χ1v) is 6.02. The van der Waals surface area contributed by atoms with Crippen LogP contribution in [0.5, 0.6) is 0 Å². The molecule has 0 aromatic carbocycles. The van der Waals surface area contributed by atoms with Crippen LogP contribution in [0.1, 0.15) is 25.8 Å². The first-order chi connectivity index (χ1) is 9.27. The average molecular weight is 290 g/mol. The summed E-state index contributed by atoms with van der Waals surface area (Å²) in [4.78, 5) is 5.31. The molecule has 0 atom stereocenters. The molecule has 0 saturated heterocycles. The molecule has 1 aromatic rings. The second kappa shape index (κ2) is 6.44. The van der Waals surface area contributed by atoms with Crippen LogP contribution in [0.4, 0.5) is 19.0 Å². The lowest BCUT2D eigenvalue weighted by Crippen LogP contribution is -2.36. The maximum Gasteiger partial charge on any atom is 0.419 e. The highest BCUT2D eigenvalue weighted by Crippen LogP contribution is 2.35. The van der Waals surface area contributed by atoms with Gasteiger partial charge >= 0.3 is 6.18 Å². The van der Waals surface area contributed by atoms with E-state index in [0.29, 0.717) is 0 Å². The van der Waals surface area contributed by atoms with Crippen molar-refractivity contribution in [3.63, 3.8) is 0 Å².